The van der Waals surface area contributed by atoms with Crippen LogP contribution in [0.2, 0.25) is 0 Å². The van der Waals surface area contributed by atoms with Crippen LogP contribution in [0, 0.1) is 10.1 Å². The van der Waals surface area contributed by atoms with Gasteiger partial charge in [-0.2, -0.15) is 0 Å². The fraction of sp³-hybridized carbons (Fsp3) is 0.500. The minimum atomic E-state index is -0.354. The minimum Gasteiger partial charge on any atom is -0.384 e. The van der Waals surface area contributed by atoms with E-state index >= 15 is 0 Å². The summed E-state index contributed by atoms with van der Waals surface area (Å²) in [6.07, 6.45) is 1.57. The highest BCUT2D eigenvalue weighted by Gasteiger charge is 2.30. The van der Waals surface area contributed by atoms with Gasteiger partial charge in [0.05, 0.1) is 11.5 Å². The molecule has 2 aliphatic heterocycles. The molecule has 0 aliphatic carbocycles. The van der Waals surface area contributed by atoms with Gasteiger partial charge in [0.1, 0.15) is 5.69 Å². The first kappa shape index (κ1) is 13.7. The van der Waals surface area contributed by atoms with Crippen LogP contribution < -0.4 is 10.2 Å². The molecule has 1 fully saturated rings. The van der Waals surface area contributed by atoms with E-state index < -0.39 is 0 Å². The standard InChI is InChI=1S/C14H18N4O3/c1-16-7-2-8-17(9-13(16)19)14-10-5-6-15-11(10)3-4-12(14)18(20)21/h3-4,15H,2,5-9H2,1H3. The maximum atomic E-state index is 12.1. The number of carbonyl (C=O) groups excluding carboxylic acids is 1. The summed E-state index contributed by atoms with van der Waals surface area (Å²) in [6, 6.07) is 3.29. The molecule has 2 heterocycles. The van der Waals surface area contributed by atoms with Gasteiger partial charge in [-0.25, -0.2) is 0 Å². The fourth-order valence-electron chi connectivity index (χ4n) is 3.04. The highest BCUT2D eigenvalue weighted by Crippen LogP contribution is 2.39. The Kier molecular flexibility index (Phi) is 3.40. The molecule has 1 aromatic carbocycles. The molecule has 1 aromatic rings. The monoisotopic (exact) mass is 290 g/mol. The van der Waals surface area contributed by atoms with E-state index in [1.165, 1.54) is 6.07 Å². The first-order chi connectivity index (χ1) is 10.1. The first-order valence-corrected chi connectivity index (χ1v) is 7.11. The zero-order valence-electron chi connectivity index (χ0n) is 12.0. The molecule has 0 spiro atoms. The normalized spacial score (nSPS) is 18.2. The van der Waals surface area contributed by atoms with E-state index in [-0.39, 0.29) is 23.1 Å². The summed E-state index contributed by atoms with van der Waals surface area (Å²) in [5, 5.41) is 14.6. The summed E-state index contributed by atoms with van der Waals surface area (Å²) < 4.78 is 0. The number of fused-ring (bicyclic) bond motifs is 1. The van der Waals surface area contributed by atoms with Crippen LogP contribution in [0.3, 0.4) is 0 Å². The van der Waals surface area contributed by atoms with Crippen molar-refractivity contribution >= 4 is 23.0 Å². The average Bonchev–Trinajstić information content (AvgIpc) is 2.86. The van der Waals surface area contributed by atoms with Crippen molar-refractivity contribution in [3.8, 4) is 0 Å². The number of rotatable bonds is 2. The Morgan fingerprint density at radius 1 is 1.33 bits per heavy atom. The fourth-order valence-corrected chi connectivity index (χ4v) is 3.04. The Morgan fingerprint density at radius 3 is 2.90 bits per heavy atom. The lowest BCUT2D eigenvalue weighted by atomic mass is 10.1. The predicted octanol–water partition coefficient (Wildman–Crippen LogP) is 1.23. The molecule has 0 saturated carbocycles. The average molecular weight is 290 g/mol. The van der Waals surface area contributed by atoms with Gasteiger partial charge in [-0.05, 0) is 18.9 Å². The number of anilines is 2. The molecule has 7 heteroatoms. The van der Waals surface area contributed by atoms with E-state index in [0.29, 0.717) is 18.8 Å². The quantitative estimate of drug-likeness (QED) is 0.654. The van der Waals surface area contributed by atoms with Crippen LogP contribution in [0.1, 0.15) is 12.0 Å². The van der Waals surface area contributed by atoms with Crippen LogP contribution in [0.25, 0.3) is 0 Å². The molecule has 112 valence electrons. The summed E-state index contributed by atoms with van der Waals surface area (Å²) in [6.45, 7) is 2.34. The highest BCUT2D eigenvalue weighted by atomic mass is 16.6. The van der Waals surface area contributed by atoms with Gasteiger partial charge in [-0.1, -0.05) is 0 Å². The molecule has 1 amide bonds. The Labute approximate surface area is 122 Å². The van der Waals surface area contributed by atoms with E-state index in [4.69, 9.17) is 0 Å². The summed E-state index contributed by atoms with van der Waals surface area (Å²) in [4.78, 5) is 26.6. The first-order valence-electron chi connectivity index (χ1n) is 7.11. The van der Waals surface area contributed by atoms with Gasteiger partial charge in [-0.3, -0.25) is 14.9 Å². The van der Waals surface area contributed by atoms with Gasteiger partial charge in [0, 0.05) is 44.0 Å². The highest BCUT2D eigenvalue weighted by molar-refractivity contribution is 5.85. The lowest BCUT2D eigenvalue weighted by Gasteiger charge is -2.24. The predicted molar refractivity (Wildman–Crippen MR) is 79.8 cm³/mol. The van der Waals surface area contributed by atoms with Crippen molar-refractivity contribution in [3.05, 3.63) is 27.8 Å². The summed E-state index contributed by atoms with van der Waals surface area (Å²) >= 11 is 0. The number of carbonyl (C=O) groups is 1. The number of nitro groups is 1. The van der Waals surface area contributed by atoms with E-state index in [1.54, 1.807) is 18.0 Å². The van der Waals surface area contributed by atoms with Crippen molar-refractivity contribution in [2.24, 2.45) is 0 Å². The Morgan fingerprint density at radius 2 is 2.14 bits per heavy atom. The van der Waals surface area contributed by atoms with Crippen LogP contribution in [0.5, 0.6) is 0 Å². The molecule has 3 rings (SSSR count). The van der Waals surface area contributed by atoms with Crippen LogP contribution in [-0.4, -0.2) is 49.0 Å². The van der Waals surface area contributed by atoms with E-state index in [0.717, 1.165) is 30.6 Å². The molecule has 0 bridgehead atoms. The Balaban J connectivity index is 2.06. The topological polar surface area (TPSA) is 78.7 Å². The molecular weight excluding hydrogens is 272 g/mol. The second kappa shape index (κ2) is 5.23. The van der Waals surface area contributed by atoms with Gasteiger partial charge in [0.15, 0.2) is 0 Å². The van der Waals surface area contributed by atoms with Gasteiger partial charge >= 0.3 is 0 Å². The lowest BCUT2D eigenvalue weighted by Crippen LogP contribution is -2.35. The third-order valence-electron chi connectivity index (χ3n) is 4.14. The van der Waals surface area contributed by atoms with E-state index in [1.807, 2.05) is 4.90 Å². The minimum absolute atomic E-state index is 0.00496. The van der Waals surface area contributed by atoms with Gasteiger partial charge in [0.2, 0.25) is 5.91 Å². The van der Waals surface area contributed by atoms with Crippen LogP contribution in [-0.2, 0) is 11.2 Å². The van der Waals surface area contributed by atoms with Crippen LogP contribution in [0.15, 0.2) is 12.1 Å². The molecule has 0 unspecified atom stereocenters. The number of benzene rings is 1. The Bertz CT molecular complexity index is 602. The second-order valence-corrected chi connectivity index (χ2v) is 5.48. The van der Waals surface area contributed by atoms with Crippen LogP contribution >= 0.6 is 0 Å². The lowest BCUT2D eigenvalue weighted by molar-refractivity contribution is -0.384. The van der Waals surface area contributed by atoms with Gasteiger partial charge in [0.25, 0.3) is 5.69 Å². The van der Waals surface area contributed by atoms with Crippen molar-refractivity contribution in [2.75, 3.05) is 43.4 Å². The Hall–Kier alpha value is -2.31. The van der Waals surface area contributed by atoms with Crippen molar-refractivity contribution in [1.29, 1.82) is 0 Å². The largest absolute Gasteiger partial charge is 0.384 e. The number of nitrogens with zero attached hydrogens (tertiary/aromatic N) is 3. The molecular formula is C14H18N4O3. The smallest absolute Gasteiger partial charge is 0.292 e. The number of nitro benzene ring substituents is 1. The van der Waals surface area contributed by atoms with Crippen molar-refractivity contribution in [3.63, 3.8) is 0 Å². The number of hydrogen-bond donors (Lipinski definition) is 1. The van der Waals surface area contributed by atoms with Gasteiger partial charge in [-0.15, -0.1) is 0 Å². The van der Waals surface area contributed by atoms with Crippen molar-refractivity contribution < 1.29 is 9.72 Å². The summed E-state index contributed by atoms with van der Waals surface area (Å²) in [5.74, 6) is 0.00496. The van der Waals surface area contributed by atoms with Crippen molar-refractivity contribution in [1.82, 2.24) is 4.90 Å². The second-order valence-electron chi connectivity index (χ2n) is 5.48. The van der Waals surface area contributed by atoms with E-state index in [2.05, 4.69) is 5.32 Å². The molecule has 0 aromatic heterocycles. The van der Waals surface area contributed by atoms with Crippen LogP contribution in [0.4, 0.5) is 17.1 Å². The molecule has 0 radical (unpaired) electrons. The maximum Gasteiger partial charge on any atom is 0.292 e. The molecule has 7 nitrogen and oxygen atoms in total. The zero-order valence-corrected chi connectivity index (χ0v) is 12.0. The SMILES string of the molecule is CN1CCCN(c2c([N+](=O)[O-])ccc3c2CCN3)CC1=O. The third kappa shape index (κ3) is 2.39. The third-order valence-corrected chi connectivity index (χ3v) is 4.14. The zero-order chi connectivity index (χ0) is 15.0. The molecule has 2 aliphatic rings. The van der Waals surface area contributed by atoms with Crippen molar-refractivity contribution in [2.45, 2.75) is 12.8 Å². The molecule has 1 saturated heterocycles. The molecule has 0 atom stereocenters. The summed E-state index contributed by atoms with van der Waals surface area (Å²) in [5.41, 5.74) is 2.61. The van der Waals surface area contributed by atoms with Gasteiger partial charge < -0.3 is 15.1 Å². The summed E-state index contributed by atoms with van der Waals surface area (Å²) in [7, 11) is 1.78. The number of amides is 1. The maximum absolute atomic E-state index is 12.1. The molecule has 21 heavy (non-hydrogen) atoms. The number of nitrogens with one attached hydrogen (secondary N) is 1. The number of hydrogen-bond acceptors (Lipinski definition) is 5. The number of likely N-dealkylation sites (N-methyl/N-ethyl adjacent to an activating group) is 1. The van der Waals surface area contributed by atoms with E-state index in [9.17, 15) is 14.9 Å². The molecule has 1 N–H and O–H groups in total.